The van der Waals surface area contributed by atoms with Crippen LogP contribution in [0.5, 0.6) is 0 Å². The molecule has 0 saturated carbocycles. The standard InChI is InChI=1S/C14H27N3O3/c1-11(2)10-15-14(20)12(3)17-8-6-16(7-9-17)5-4-13(18)19/h11-12H,4-10H2,1-3H3,(H,15,20)(H,18,19). The van der Waals surface area contributed by atoms with Crippen molar-refractivity contribution < 1.29 is 14.7 Å². The molecule has 116 valence electrons. The lowest BCUT2D eigenvalue weighted by atomic mass is 10.2. The Morgan fingerprint density at radius 1 is 1.15 bits per heavy atom. The second-order valence-electron chi connectivity index (χ2n) is 5.84. The molecule has 1 atom stereocenters. The van der Waals surface area contributed by atoms with Gasteiger partial charge in [-0.1, -0.05) is 13.8 Å². The third-order valence-corrected chi connectivity index (χ3v) is 3.66. The maximum absolute atomic E-state index is 12.0. The molecule has 2 N–H and O–H groups in total. The first kappa shape index (κ1) is 16.9. The molecule has 0 aromatic carbocycles. The van der Waals surface area contributed by atoms with Crippen molar-refractivity contribution in [3.63, 3.8) is 0 Å². The summed E-state index contributed by atoms with van der Waals surface area (Å²) in [5.41, 5.74) is 0. The van der Waals surface area contributed by atoms with Gasteiger partial charge in [0.15, 0.2) is 0 Å². The zero-order valence-corrected chi connectivity index (χ0v) is 12.8. The Balaban J connectivity index is 2.29. The normalized spacial score (nSPS) is 19.0. The molecule has 0 aliphatic carbocycles. The Bertz CT molecular complexity index is 326. The van der Waals surface area contributed by atoms with Gasteiger partial charge in [0, 0.05) is 39.3 Å². The molecule has 0 aromatic heterocycles. The van der Waals surface area contributed by atoms with E-state index in [1.54, 1.807) is 0 Å². The molecule has 0 spiro atoms. The number of carboxylic acid groups (broad SMARTS) is 1. The van der Waals surface area contributed by atoms with Crippen LogP contribution in [0.2, 0.25) is 0 Å². The monoisotopic (exact) mass is 285 g/mol. The molecule has 6 nitrogen and oxygen atoms in total. The maximum Gasteiger partial charge on any atom is 0.304 e. The van der Waals surface area contributed by atoms with Crippen molar-refractivity contribution in [2.75, 3.05) is 39.3 Å². The van der Waals surface area contributed by atoms with E-state index in [-0.39, 0.29) is 18.4 Å². The number of aliphatic carboxylic acids is 1. The third-order valence-electron chi connectivity index (χ3n) is 3.66. The van der Waals surface area contributed by atoms with E-state index in [1.165, 1.54) is 0 Å². The van der Waals surface area contributed by atoms with Gasteiger partial charge in [-0.15, -0.1) is 0 Å². The lowest BCUT2D eigenvalue weighted by Crippen LogP contribution is -2.54. The van der Waals surface area contributed by atoms with Gasteiger partial charge < -0.3 is 15.3 Å². The summed E-state index contributed by atoms with van der Waals surface area (Å²) in [5, 5.41) is 11.6. The minimum absolute atomic E-state index is 0.0812. The molecule has 1 fully saturated rings. The molecule has 0 radical (unpaired) electrons. The van der Waals surface area contributed by atoms with E-state index in [9.17, 15) is 9.59 Å². The molecule has 1 rings (SSSR count). The number of carbonyl (C=O) groups is 2. The van der Waals surface area contributed by atoms with Crippen molar-refractivity contribution in [1.29, 1.82) is 0 Å². The summed E-state index contributed by atoms with van der Waals surface area (Å²) < 4.78 is 0. The van der Waals surface area contributed by atoms with Crippen LogP contribution >= 0.6 is 0 Å². The fourth-order valence-electron chi connectivity index (χ4n) is 2.25. The lowest BCUT2D eigenvalue weighted by Gasteiger charge is -2.37. The van der Waals surface area contributed by atoms with E-state index in [0.717, 1.165) is 26.2 Å². The van der Waals surface area contributed by atoms with Crippen LogP contribution in [0.4, 0.5) is 0 Å². The summed E-state index contributed by atoms with van der Waals surface area (Å²) in [6.45, 7) is 10.7. The number of nitrogens with zero attached hydrogens (tertiary/aromatic N) is 2. The third kappa shape index (κ3) is 5.88. The summed E-state index contributed by atoms with van der Waals surface area (Å²) in [7, 11) is 0. The minimum atomic E-state index is -0.756. The number of nitrogens with one attached hydrogen (secondary N) is 1. The predicted molar refractivity (Wildman–Crippen MR) is 77.6 cm³/mol. The zero-order chi connectivity index (χ0) is 15.1. The molecule has 20 heavy (non-hydrogen) atoms. The van der Waals surface area contributed by atoms with Crippen LogP contribution in [0.15, 0.2) is 0 Å². The Hall–Kier alpha value is -1.14. The van der Waals surface area contributed by atoms with E-state index >= 15 is 0 Å². The maximum atomic E-state index is 12.0. The first-order valence-electron chi connectivity index (χ1n) is 7.36. The zero-order valence-electron chi connectivity index (χ0n) is 12.8. The molecular formula is C14H27N3O3. The van der Waals surface area contributed by atoms with Crippen LogP contribution in [0.1, 0.15) is 27.2 Å². The highest BCUT2D eigenvalue weighted by Crippen LogP contribution is 2.07. The highest BCUT2D eigenvalue weighted by molar-refractivity contribution is 5.81. The largest absolute Gasteiger partial charge is 0.481 e. The van der Waals surface area contributed by atoms with Crippen molar-refractivity contribution in [2.45, 2.75) is 33.2 Å². The Morgan fingerprint density at radius 2 is 1.75 bits per heavy atom. The van der Waals surface area contributed by atoms with Gasteiger partial charge in [-0.05, 0) is 12.8 Å². The van der Waals surface area contributed by atoms with Gasteiger partial charge in [0.05, 0.1) is 12.5 Å². The Kier molecular flexibility index (Phi) is 6.95. The van der Waals surface area contributed by atoms with E-state index in [4.69, 9.17) is 5.11 Å². The van der Waals surface area contributed by atoms with Crippen molar-refractivity contribution in [3.05, 3.63) is 0 Å². The molecule has 1 unspecified atom stereocenters. The fourth-order valence-corrected chi connectivity index (χ4v) is 2.25. The summed E-state index contributed by atoms with van der Waals surface area (Å²) >= 11 is 0. The molecule has 1 heterocycles. The molecule has 1 aliphatic rings. The van der Waals surface area contributed by atoms with E-state index in [2.05, 4.69) is 29.0 Å². The number of rotatable bonds is 7. The van der Waals surface area contributed by atoms with Gasteiger partial charge in [0.2, 0.25) is 5.91 Å². The van der Waals surface area contributed by atoms with Crippen molar-refractivity contribution in [1.82, 2.24) is 15.1 Å². The van der Waals surface area contributed by atoms with Crippen molar-refractivity contribution in [3.8, 4) is 0 Å². The predicted octanol–water partition coefficient (Wildman–Crippen LogP) is 0.239. The summed E-state index contributed by atoms with van der Waals surface area (Å²) in [6.07, 6.45) is 0.185. The van der Waals surface area contributed by atoms with Gasteiger partial charge in [0.1, 0.15) is 0 Å². The first-order chi connectivity index (χ1) is 9.40. The van der Waals surface area contributed by atoms with Crippen LogP contribution in [-0.4, -0.2) is 72.1 Å². The van der Waals surface area contributed by atoms with Crippen LogP contribution in [0.25, 0.3) is 0 Å². The van der Waals surface area contributed by atoms with Gasteiger partial charge >= 0.3 is 5.97 Å². The van der Waals surface area contributed by atoms with Crippen LogP contribution < -0.4 is 5.32 Å². The molecule has 0 bridgehead atoms. The molecule has 1 aliphatic heterocycles. The average molecular weight is 285 g/mol. The fraction of sp³-hybridized carbons (Fsp3) is 0.857. The lowest BCUT2D eigenvalue weighted by molar-refractivity contribution is -0.137. The second-order valence-corrected chi connectivity index (χ2v) is 5.84. The highest BCUT2D eigenvalue weighted by Gasteiger charge is 2.25. The number of carboxylic acids is 1. The van der Waals surface area contributed by atoms with E-state index in [1.807, 2.05) is 6.92 Å². The second kappa shape index (κ2) is 8.21. The highest BCUT2D eigenvalue weighted by atomic mass is 16.4. The summed E-state index contributed by atoms with van der Waals surface area (Å²) in [5.74, 6) is -0.217. The average Bonchev–Trinajstić information content (AvgIpc) is 2.42. The topological polar surface area (TPSA) is 72.9 Å². The number of hydrogen-bond donors (Lipinski definition) is 2. The Morgan fingerprint density at radius 3 is 2.25 bits per heavy atom. The van der Waals surface area contributed by atoms with E-state index in [0.29, 0.717) is 19.0 Å². The van der Waals surface area contributed by atoms with E-state index < -0.39 is 5.97 Å². The van der Waals surface area contributed by atoms with Crippen molar-refractivity contribution >= 4 is 11.9 Å². The number of piperazine rings is 1. The SMILES string of the molecule is CC(C)CNC(=O)C(C)N1CCN(CCC(=O)O)CC1. The van der Waals surface area contributed by atoms with Crippen LogP contribution in [0.3, 0.4) is 0 Å². The molecule has 0 aromatic rings. The molecular weight excluding hydrogens is 258 g/mol. The molecule has 6 heteroatoms. The first-order valence-corrected chi connectivity index (χ1v) is 7.36. The quantitative estimate of drug-likeness (QED) is 0.701. The summed E-state index contributed by atoms with van der Waals surface area (Å²) in [4.78, 5) is 26.8. The van der Waals surface area contributed by atoms with Crippen LogP contribution in [0, 0.1) is 5.92 Å². The van der Waals surface area contributed by atoms with Crippen molar-refractivity contribution in [2.24, 2.45) is 5.92 Å². The number of amides is 1. The smallest absolute Gasteiger partial charge is 0.304 e. The minimum Gasteiger partial charge on any atom is -0.481 e. The molecule has 1 saturated heterocycles. The molecule has 1 amide bonds. The number of hydrogen-bond acceptors (Lipinski definition) is 4. The van der Waals surface area contributed by atoms with Crippen LogP contribution in [-0.2, 0) is 9.59 Å². The van der Waals surface area contributed by atoms with Gasteiger partial charge in [0.25, 0.3) is 0 Å². The summed E-state index contributed by atoms with van der Waals surface area (Å²) in [6, 6.07) is -0.115. The van der Waals surface area contributed by atoms with Gasteiger partial charge in [-0.25, -0.2) is 0 Å². The van der Waals surface area contributed by atoms with Gasteiger partial charge in [-0.2, -0.15) is 0 Å². The van der Waals surface area contributed by atoms with Gasteiger partial charge in [-0.3, -0.25) is 14.5 Å². The Labute approximate surface area is 121 Å². The number of carbonyl (C=O) groups excluding carboxylic acids is 1.